The second-order valence-corrected chi connectivity index (χ2v) is 8.16. The average molecular weight is 387 g/mol. The first-order valence-electron chi connectivity index (χ1n) is 8.67. The maximum atomic E-state index is 12.4. The number of nitrogens with one attached hydrogen (secondary N) is 1. The number of rotatable bonds is 8. The minimum absolute atomic E-state index is 0.0840. The molecule has 1 aliphatic heterocycles. The van der Waals surface area contributed by atoms with E-state index in [9.17, 15) is 9.59 Å². The summed E-state index contributed by atoms with van der Waals surface area (Å²) in [6.07, 6.45) is 0.951. The molecule has 2 rings (SSSR count). The van der Waals surface area contributed by atoms with E-state index in [2.05, 4.69) is 15.1 Å². The van der Waals surface area contributed by atoms with Gasteiger partial charge in [0.25, 0.3) is 0 Å². The molecule has 6 nitrogen and oxygen atoms in total. The second kappa shape index (κ2) is 10.1. The number of hydrogen-bond donors (Lipinski definition) is 1. The summed E-state index contributed by atoms with van der Waals surface area (Å²) in [6.45, 7) is 7.49. The second-order valence-electron chi connectivity index (χ2n) is 6.36. The highest BCUT2D eigenvalue weighted by atomic mass is 35.5. The van der Waals surface area contributed by atoms with E-state index in [4.69, 9.17) is 11.6 Å². The van der Waals surface area contributed by atoms with Crippen molar-refractivity contribution in [2.75, 3.05) is 52.9 Å². The van der Waals surface area contributed by atoms with Gasteiger partial charge in [-0.25, -0.2) is 0 Å². The van der Waals surface area contributed by atoms with Crippen molar-refractivity contribution in [3.05, 3.63) is 21.3 Å². The molecule has 0 aromatic carbocycles. The minimum Gasteiger partial charge on any atom is -0.355 e. The van der Waals surface area contributed by atoms with Crippen molar-refractivity contribution in [3.8, 4) is 0 Å². The lowest BCUT2D eigenvalue weighted by Crippen LogP contribution is -2.51. The summed E-state index contributed by atoms with van der Waals surface area (Å²) in [4.78, 5) is 31.3. The highest BCUT2D eigenvalue weighted by molar-refractivity contribution is 7.16. The highest BCUT2D eigenvalue weighted by Gasteiger charge is 2.21. The van der Waals surface area contributed by atoms with E-state index in [1.54, 1.807) is 4.90 Å². The van der Waals surface area contributed by atoms with Crippen molar-refractivity contribution in [3.63, 3.8) is 0 Å². The van der Waals surface area contributed by atoms with Crippen LogP contribution in [-0.4, -0.2) is 79.4 Å². The molecule has 0 spiro atoms. The van der Waals surface area contributed by atoms with Crippen molar-refractivity contribution in [1.82, 2.24) is 20.0 Å². The van der Waals surface area contributed by atoms with Crippen LogP contribution >= 0.6 is 22.9 Å². The molecule has 140 valence electrons. The zero-order valence-corrected chi connectivity index (χ0v) is 16.5. The largest absolute Gasteiger partial charge is 0.355 e. The number of hydrogen-bond acceptors (Lipinski definition) is 5. The molecule has 1 saturated heterocycles. The molecule has 0 radical (unpaired) electrons. The Morgan fingerprint density at radius 1 is 1.20 bits per heavy atom. The van der Waals surface area contributed by atoms with E-state index in [1.807, 2.05) is 26.1 Å². The summed E-state index contributed by atoms with van der Waals surface area (Å²) in [6, 6.07) is 3.81. The quantitative estimate of drug-likeness (QED) is 0.735. The monoisotopic (exact) mass is 386 g/mol. The fourth-order valence-electron chi connectivity index (χ4n) is 2.70. The Labute approximate surface area is 158 Å². The van der Waals surface area contributed by atoms with Crippen molar-refractivity contribution >= 4 is 34.8 Å². The van der Waals surface area contributed by atoms with Gasteiger partial charge in [-0.15, -0.1) is 11.3 Å². The SMILES string of the molecule is CCCNC(=O)CN1CCN(CC(=O)N(C)Cc2ccc(Cl)s2)CC1. The van der Waals surface area contributed by atoms with Gasteiger partial charge in [-0.1, -0.05) is 18.5 Å². The third-order valence-corrected chi connectivity index (χ3v) is 5.43. The van der Waals surface area contributed by atoms with Crippen LogP contribution in [0.2, 0.25) is 4.34 Å². The van der Waals surface area contributed by atoms with Gasteiger partial charge in [-0.3, -0.25) is 19.4 Å². The maximum Gasteiger partial charge on any atom is 0.236 e. The van der Waals surface area contributed by atoms with Crippen LogP contribution in [0.15, 0.2) is 12.1 Å². The topological polar surface area (TPSA) is 55.9 Å². The fraction of sp³-hybridized carbons (Fsp3) is 0.647. The summed E-state index contributed by atoms with van der Waals surface area (Å²) in [5, 5.41) is 2.90. The minimum atomic E-state index is 0.0840. The molecule has 1 aliphatic rings. The Morgan fingerprint density at radius 3 is 2.40 bits per heavy atom. The molecule has 0 aliphatic carbocycles. The third-order valence-electron chi connectivity index (χ3n) is 4.21. The lowest BCUT2D eigenvalue weighted by atomic mass is 10.3. The normalized spacial score (nSPS) is 16.0. The van der Waals surface area contributed by atoms with Gasteiger partial charge in [0.1, 0.15) is 0 Å². The number of amides is 2. The maximum absolute atomic E-state index is 12.4. The van der Waals surface area contributed by atoms with Gasteiger partial charge in [-0.2, -0.15) is 0 Å². The summed E-state index contributed by atoms with van der Waals surface area (Å²) in [7, 11) is 1.82. The van der Waals surface area contributed by atoms with Crippen LogP contribution in [0.5, 0.6) is 0 Å². The number of carbonyl (C=O) groups is 2. The molecular formula is C17H27ClN4O2S. The van der Waals surface area contributed by atoms with Crippen LogP contribution in [0.1, 0.15) is 18.2 Å². The molecule has 0 saturated carbocycles. The van der Waals surface area contributed by atoms with Gasteiger partial charge in [0.05, 0.1) is 24.0 Å². The third kappa shape index (κ3) is 6.93. The van der Waals surface area contributed by atoms with Gasteiger partial charge >= 0.3 is 0 Å². The number of halogens is 1. The molecule has 1 fully saturated rings. The van der Waals surface area contributed by atoms with Gasteiger partial charge in [0, 0.05) is 44.6 Å². The first-order chi connectivity index (χ1) is 12.0. The van der Waals surface area contributed by atoms with Crippen LogP contribution in [0.25, 0.3) is 0 Å². The number of likely N-dealkylation sites (N-methyl/N-ethyl adjacent to an activating group) is 1. The predicted octanol–water partition coefficient (Wildman–Crippen LogP) is 1.50. The Kier molecular flexibility index (Phi) is 8.15. The summed E-state index contributed by atoms with van der Waals surface area (Å²) in [5.41, 5.74) is 0. The van der Waals surface area contributed by atoms with Crippen LogP contribution in [0.4, 0.5) is 0 Å². The van der Waals surface area contributed by atoms with Gasteiger partial charge in [0.15, 0.2) is 0 Å². The summed E-state index contributed by atoms with van der Waals surface area (Å²) >= 11 is 7.43. The van der Waals surface area contributed by atoms with E-state index >= 15 is 0 Å². The summed E-state index contributed by atoms with van der Waals surface area (Å²) in [5.74, 6) is 0.194. The van der Waals surface area contributed by atoms with E-state index in [0.29, 0.717) is 19.6 Å². The zero-order chi connectivity index (χ0) is 18.2. The first kappa shape index (κ1) is 20.2. The standard InChI is InChI=1S/C17H27ClN4O2S/c1-3-6-19-16(23)12-21-7-9-22(10-8-21)13-17(24)20(2)11-14-4-5-15(18)25-14/h4-5H,3,6-13H2,1-2H3,(H,19,23). The van der Waals surface area contributed by atoms with Crippen molar-refractivity contribution in [2.24, 2.45) is 0 Å². The molecule has 1 N–H and O–H groups in total. The van der Waals surface area contributed by atoms with Crippen molar-refractivity contribution in [1.29, 1.82) is 0 Å². The smallest absolute Gasteiger partial charge is 0.236 e. The van der Waals surface area contributed by atoms with Gasteiger partial charge in [-0.05, 0) is 18.6 Å². The molecular weight excluding hydrogens is 360 g/mol. The molecule has 0 atom stereocenters. The highest BCUT2D eigenvalue weighted by Crippen LogP contribution is 2.22. The van der Waals surface area contributed by atoms with Crippen LogP contribution in [-0.2, 0) is 16.1 Å². The number of carbonyl (C=O) groups excluding carboxylic acids is 2. The molecule has 2 heterocycles. The van der Waals surface area contributed by atoms with E-state index in [0.717, 1.165) is 48.4 Å². The van der Waals surface area contributed by atoms with E-state index in [1.165, 1.54) is 11.3 Å². The Hall–Kier alpha value is -1.15. The van der Waals surface area contributed by atoms with Crippen molar-refractivity contribution in [2.45, 2.75) is 19.9 Å². The molecule has 25 heavy (non-hydrogen) atoms. The number of thiophene rings is 1. The van der Waals surface area contributed by atoms with Gasteiger partial charge in [0.2, 0.25) is 11.8 Å². The predicted molar refractivity (Wildman–Crippen MR) is 102 cm³/mol. The fourth-order valence-corrected chi connectivity index (χ4v) is 3.84. The Morgan fingerprint density at radius 2 is 1.84 bits per heavy atom. The van der Waals surface area contributed by atoms with Crippen LogP contribution in [0, 0.1) is 0 Å². The number of piperazine rings is 1. The molecule has 1 aromatic rings. The summed E-state index contributed by atoms with van der Waals surface area (Å²) < 4.78 is 0.745. The average Bonchev–Trinajstić information content (AvgIpc) is 2.99. The van der Waals surface area contributed by atoms with Crippen LogP contribution in [0.3, 0.4) is 0 Å². The van der Waals surface area contributed by atoms with Crippen molar-refractivity contribution < 1.29 is 9.59 Å². The van der Waals surface area contributed by atoms with Crippen LogP contribution < -0.4 is 5.32 Å². The lowest BCUT2D eigenvalue weighted by molar-refractivity contribution is -0.132. The van der Waals surface area contributed by atoms with Gasteiger partial charge < -0.3 is 10.2 Å². The molecule has 1 aromatic heterocycles. The lowest BCUT2D eigenvalue weighted by Gasteiger charge is -2.34. The Balaban J connectivity index is 1.68. The molecule has 2 amide bonds. The van der Waals surface area contributed by atoms with E-state index in [-0.39, 0.29) is 11.8 Å². The molecule has 0 unspecified atom stereocenters. The number of nitrogens with zero attached hydrogens (tertiary/aromatic N) is 3. The molecule has 8 heteroatoms. The molecule has 0 bridgehead atoms. The zero-order valence-electron chi connectivity index (χ0n) is 15.0. The first-order valence-corrected chi connectivity index (χ1v) is 9.87. The van der Waals surface area contributed by atoms with E-state index < -0.39 is 0 Å². The Bertz CT molecular complexity index is 573.